The maximum atomic E-state index is 12.2. The van der Waals surface area contributed by atoms with Crippen LogP contribution in [-0.4, -0.2) is 68.4 Å². The average Bonchev–Trinajstić information content (AvgIpc) is 2.75. The van der Waals surface area contributed by atoms with Crippen LogP contribution in [-0.2, 0) is 9.47 Å². The predicted octanol–water partition coefficient (Wildman–Crippen LogP) is 4.31. The van der Waals surface area contributed by atoms with Gasteiger partial charge in [0.25, 0.3) is 0 Å². The quantitative estimate of drug-likeness (QED) is 0.756. The van der Waals surface area contributed by atoms with Crippen LogP contribution in [0.5, 0.6) is 0 Å². The second kappa shape index (κ2) is 9.19. The van der Waals surface area contributed by atoms with Gasteiger partial charge in [0, 0.05) is 38.2 Å². The molecule has 2 aromatic rings. The van der Waals surface area contributed by atoms with Crippen molar-refractivity contribution in [2.75, 3.05) is 40.5 Å². The predicted molar refractivity (Wildman–Crippen MR) is 119 cm³/mol. The molecular weight excluding hydrogens is 376 g/mol. The van der Waals surface area contributed by atoms with Crippen LogP contribution in [0.4, 0.5) is 4.79 Å². The lowest BCUT2D eigenvalue weighted by Gasteiger charge is -2.57. The molecule has 1 amide bonds. The molecule has 5 nitrogen and oxygen atoms in total. The highest BCUT2D eigenvalue weighted by Gasteiger charge is 2.49. The number of hydrogen-bond donors (Lipinski definition) is 0. The molecule has 0 unspecified atom stereocenters. The Bertz CT molecular complexity index is 867. The molecule has 3 atom stereocenters. The van der Waals surface area contributed by atoms with Crippen LogP contribution >= 0.6 is 0 Å². The minimum absolute atomic E-state index is 0.222. The van der Waals surface area contributed by atoms with Crippen molar-refractivity contribution in [1.29, 1.82) is 0 Å². The minimum atomic E-state index is -0.222. The first-order valence-corrected chi connectivity index (χ1v) is 10.9. The standard InChI is InChI=1S/C25H32N2O3/c1-18-7-6-8-21(15-18)19-9-11-20(12-10-19)24-22-16-26(25(28)30-3)13-4-5-14-27(22)23(24)17-29-2/h6-12,15,22-24H,4-5,13-14,16-17H2,1-3H3/t22-,23+,24-/m0/s1. The molecule has 0 radical (unpaired) electrons. The fraction of sp³-hybridized carbons (Fsp3) is 0.480. The highest BCUT2D eigenvalue weighted by atomic mass is 16.5. The summed E-state index contributed by atoms with van der Waals surface area (Å²) in [6.07, 6.45) is 1.87. The summed E-state index contributed by atoms with van der Waals surface area (Å²) in [4.78, 5) is 16.6. The summed E-state index contributed by atoms with van der Waals surface area (Å²) in [7, 11) is 3.24. The third-order valence-electron chi connectivity index (χ3n) is 6.60. The number of carbonyl (C=O) groups is 1. The van der Waals surface area contributed by atoms with Gasteiger partial charge in [0.1, 0.15) is 0 Å². The van der Waals surface area contributed by atoms with Crippen molar-refractivity contribution >= 4 is 6.09 Å². The largest absolute Gasteiger partial charge is 0.453 e. The number of rotatable bonds is 4. The molecule has 5 heteroatoms. The third-order valence-corrected chi connectivity index (χ3v) is 6.60. The van der Waals surface area contributed by atoms with Crippen molar-refractivity contribution in [3.8, 4) is 11.1 Å². The molecule has 4 rings (SSSR count). The van der Waals surface area contributed by atoms with Crippen LogP contribution in [0.3, 0.4) is 0 Å². The van der Waals surface area contributed by atoms with Gasteiger partial charge in [-0.25, -0.2) is 4.79 Å². The Morgan fingerprint density at radius 1 is 1.03 bits per heavy atom. The number of benzene rings is 2. The third kappa shape index (κ3) is 4.09. The first-order chi connectivity index (χ1) is 14.6. The lowest BCUT2D eigenvalue weighted by atomic mass is 9.74. The van der Waals surface area contributed by atoms with Crippen LogP contribution in [0.25, 0.3) is 11.1 Å². The Kier molecular flexibility index (Phi) is 6.40. The van der Waals surface area contributed by atoms with E-state index in [1.807, 2.05) is 4.90 Å². The zero-order valence-electron chi connectivity index (χ0n) is 18.2. The summed E-state index contributed by atoms with van der Waals surface area (Å²) in [5.41, 5.74) is 5.06. The summed E-state index contributed by atoms with van der Waals surface area (Å²) < 4.78 is 10.6. The van der Waals surface area contributed by atoms with Gasteiger partial charge in [0.2, 0.25) is 0 Å². The fourth-order valence-electron chi connectivity index (χ4n) is 5.11. The smallest absolute Gasteiger partial charge is 0.409 e. The number of aryl methyl sites for hydroxylation is 1. The topological polar surface area (TPSA) is 42.0 Å². The van der Waals surface area contributed by atoms with Crippen molar-refractivity contribution < 1.29 is 14.3 Å². The summed E-state index contributed by atoms with van der Waals surface area (Å²) >= 11 is 0. The number of hydrogen-bond acceptors (Lipinski definition) is 4. The van der Waals surface area contributed by atoms with Gasteiger partial charge >= 0.3 is 6.09 Å². The lowest BCUT2D eigenvalue weighted by molar-refractivity contribution is -0.0693. The Morgan fingerprint density at radius 2 is 1.80 bits per heavy atom. The van der Waals surface area contributed by atoms with E-state index in [-0.39, 0.29) is 6.09 Å². The van der Waals surface area contributed by atoms with Crippen LogP contribution in [0.1, 0.15) is 29.9 Å². The number of ether oxygens (including phenoxy) is 2. The van der Waals surface area contributed by atoms with Crippen LogP contribution < -0.4 is 0 Å². The molecule has 2 aliphatic heterocycles. The maximum absolute atomic E-state index is 12.2. The Labute approximate surface area is 179 Å². The number of fused-ring (bicyclic) bond motifs is 1. The summed E-state index contributed by atoms with van der Waals surface area (Å²) in [6, 6.07) is 18.2. The molecule has 2 aromatic carbocycles. The minimum Gasteiger partial charge on any atom is -0.453 e. The van der Waals surface area contributed by atoms with E-state index in [0.29, 0.717) is 31.2 Å². The van der Waals surface area contributed by atoms with Crippen LogP contribution in [0.15, 0.2) is 48.5 Å². The lowest BCUT2D eigenvalue weighted by Crippen LogP contribution is -2.68. The van der Waals surface area contributed by atoms with Gasteiger partial charge < -0.3 is 14.4 Å². The fourth-order valence-corrected chi connectivity index (χ4v) is 5.11. The molecule has 0 aromatic heterocycles. The van der Waals surface area contributed by atoms with E-state index in [1.165, 1.54) is 29.4 Å². The van der Waals surface area contributed by atoms with E-state index >= 15 is 0 Å². The summed E-state index contributed by atoms with van der Waals surface area (Å²) in [6.45, 7) is 5.37. The molecule has 0 saturated carbocycles. The van der Waals surface area contributed by atoms with Gasteiger partial charge in [-0.2, -0.15) is 0 Å². The highest BCUT2D eigenvalue weighted by molar-refractivity contribution is 5.67. The molecule has 2 aliphatic rings. The normalized spacial score (nSPS) is 24.4. The first kappa shape index (κ1) is 20.9. The van der Waals surface area contributed by atoms with Crippen molar-refractivity contribution in [3.63, 3.8) is 0 Å². The molecule has 0 N–H and O–H groups in total. The number of nitrogens with zero attached hydrogens (tertiary/aromatic N) is 2. The molecule has 0 aliphatic carbocycles. The van der Waals surface area contributed by atoms with Gasteiger partial charge in [-0.1, -0.05) is 54.1 Å². The van der Waals surface area contributed by atoms with E-state index in [1.54, 1.807) is 7.11 Å². The van der Waals surface area contributed by atoms with E-state index in [4.69, 9.17) is 9.47 Å². The molecule has 2 heterocycles. The first-order valence-electron chi connectivity index (χ1n) is 10.9. The second-order valence-corrected chi connectivity index (χ2v) is 8.47. The van der Waals surface area contributed by atoms with Crippen molar-refractivity contribution in [3.05, 3.63) is 59.7 Å². The monoisotopic (exact) mass is 408 g/mol. The maximum Gasteiger partial charge on any atom is 0.409 e. The second-order valence-electron chi connectivity index (χ2n) is 8.47. The molecule has 160 valence electrons. The van der Waals surface area contributed by atoms with Gasteiger partial charge in [-0.15, -0.1) is 0 Å². The van der Waals surface area contributed by atoms with E-state index in [2.05, 4.69) is 60.4 Å². The van der Waals surface area contributed by atoms with Gasteiger partial charge in [-0.05, 0) is 43.0 Å². The number of methoxy groups -OCH3 is 2. The average molecular weight is 409 g/mol. The zero-order chi connectivity index (χ0) is 21.1. The highest BCUT2D eigenvalue weighted by Crippen LogP contribution is 2.42. The Balaban J connectivity index is 1.59. The molecule has 30 heavy (non-hydrogen) atoms. The van der Waals surface area contributed by atoms with Crippen molar-refractivity contribution in [2.24, 2.45) is 0 Å². The Hall–Kier alpha value is -2.37. The number of amides is 1. The number of carbonyl (C=O) groups excluding carboxylic acids is 1. The zero-order valence-corrected chi connectivity index (χ0v) is 18.2. The van der Waals surface area contributed by atoms with Crippen LogP contribution in [0, 0.1) is 6.92 Å². The van der Waals surface area contributed by atoms with E-state index in [0.717, 1.165) is 25.9 Å². The molecular formula is C25H32N2O3. The Morgan fingerprint density at radius 3 is 2.50 bits per heavy atom. The van der Waals surface area contributed by atoms with E-state index in [9.17, 15) is 4.79 Å². The molecule has 0 spiro atoms. The van der Waals surface area contributed by atoms with Gasteiger partial charge in [0.15, 0.2) is 0 Å². The van der Waals surface area contributed by atoms with Gasteiger partial charge in [0.05, 0.1) is 13.7 Å². The summed E-state index contributed by atoms with van der Waals surface area (Å²) in [5, 5.41) is 0. The van der Waals surface area contributed by atoms with E-state index < -0.39 is 0 Å². The molecule has 0 bridgehead atoms. The van der Waals surface area contributed by atoms with Crippen molar-refractivity contribution in [1.82, 2.24) is 9.80 Å². The van der Waals surface area contributed by atoms with Crippen LogP contribution in [0.2, 0.25) is 0 Å². The van der Waals surface area contributed by atoms with Crippen molar-refractivity contribution in [2.45, 2.75) is 37.8 Å². The summed E-state index contributed by atoms with van der Waals surface area (Å²) in [5.74, 6) is 0.349. The SMILES string of the molecule is COC[C@@H]1[C@@H](c2ccc(-c3cccc(C)c3)cc2)[C@@H]2CN(C(=O)OC)CCCCN12. The molecule has 2 saturated heterocycles. The van der Waals surface area contributed by atoms with Gasteiger partial charge in [-0.3, -0.25) is 4.90 Å². The molecule has 2 fully saturated rings.